The number of hydrogen-bond acceptors (Lipinski definition) is 1. The average molecular weight is 211 g/mol. The van der Waals surface area contributed by atoms with Crippen LogP contribution >= 0.6 is 0 Å². The van der Waals surface area contributed by atoms with E-state index in [0.717, 1.165) is 6.07 Å². The molecule has 82 valence electrons. The second kappa shape index (κ2) is 5.61. The average Bonchev–Trinajstić information content (AvgIpc) is 2.18. The van der Waals surface area contributed by atoms with E-state index in [0.29, 0.717) is 18.7 Å². The third-order valence-electron chi connectivity index (χ3n) is 2.00. The van der Waals surface area contributed by atoms with E-state index >= 15 is 0 Å². The Labute approximate surface area is 88.8 Å². The molecule has 0 bridgehead atoms. The zero-order chi connectivity index (χ0) is 11.3. The first-order chi connectivity index (χ1) is 7.11. The standard InChI is InChI=1S/C12H15F2N/c1-9(2)6-7-15-8-10-4-3-5-11(13)12(10)14/h3-6,15H,7-8H2,1-2H3. The van der Waals surface area contributed by atoms with Gasteiger partial charge in [-0.2, -0.15) is 0 Å². The zero-order valence-corrected chi connectivity index (χ0v) is 8.98. The quantitative estimate of drug-likeness (QED) is 0.596. The van der Waals surface area contributed by atoms with E-state index in [4.69, 9.17) is 0 Å². The Hall–Kier alpha value is -1.22. The van der Waals surface area contributed by atoms with E-state index in [9.17, 15) is 8.78 Å². The molecular formula is C12H15F2N. The van der Waals surface area contributed by atoms with Gasteiger partial charge < -0.3 is 5.32 Å². The van der Waals surface area contributed by atoms with Crippen LogP contribution < -0.4 is 5.32 Å². The monoisotopic (exact) mass is 211 g/mol. The second-order valence-electron chi connectivity index (χ2n) is 3.63. The lowest BCUT2D eigenvalue weighted by Gasteiger charge is -2.04. The van der Waals surface area contributed by atoms with E-state index in [1.807, 2.05) is 19.9 Å². The number of nitrogens with one attached hydrogen (secondary N) is 1. The Kier molecular flexibility index (Phi) is 4.43. The first-order valence-corrected chi connectivity index (χ1v) is 4.88. The van der Waals surface area contributed by atoms with Gasteiger partial charge in [0.1, 0.15) is 0 Å². The van der Waals surface area contributed by atoms with Crippen LogP contribution in [0.5, 0.6) is 0 Å². The SMILES string of the molecule is CC(C)=CCNCc1cccc(F)c1F. The van der Waals surface area contributed by atoms with Crippen LogP contribution in [0.1, 0.15) is 19.4 Å². The normalized spacial score (nSPS) is 10.1. The fourth-order valence-corrected chi connectivity index (χ4v) is 1.17. The van der Waals surface area contributed by atoms with E-state index < -0.39 is 11.6 Å². The zero-order valence-electron chi connectivity index (χ0n) is 8.98. The van der Waals surface area contributed by atoms with E-state index in [1.54, 1.807) is 6.07 Å². The second-order valence-corrected chi connectivity index (χ2v) is 3.63. The number of halogens is 2. The van der Waals surface area contributed by atoms with Gasteiger partial charge in [0.15, 0.2) is 11.6 Å². The maximum atomic E-state index is 13.2. The molecule has 1 aromatic carbocycles. The van der Waals surface area contributed by atoms with Gasteiger partial charge in [0.05, 0.1) is 0 Å². The summed E-state index contributed by atoms with van der Waals surface area (Å²) in [4.78, 5) is 0. The summed E-state index contributed by atoms with van der Waals surface area (Å²) in [6, 6.07) is 4.21. The molecule has 0 aliphatic carbocycles. The molecule has 0 saturated heterocycles. The van der Waals surface area contributed by atoms with Crippen molar-refractivity contribution in [3.63, 3.8) is 0 Å². The van der Waals surface area contributed by atoms with Crippen molar-refractivity contribution in [1.82, 2.24) is 5.32 Å². The van der Waals surface area contributed by atoms with Gasteiger partial charge in [-0.1, -0.05) is 23.8 Å². The lowest BCUT2D eigenvalue weighted by molar-refractivity contribution is 0.494. The minimum absolute atomic E-state index is 0.341. The van der Waals surface area contributed by atoms with Crippen molar-refractivity contribution in [2.24, 2.45) is 0 Å². The van der Waals surface area contributed by atoms with Gasteiger partial charge in [-0.05, 0) is 19.9 Å². The van der Waals surface area contributed by atoms with Gasteiger partial charge in [0.2, 0.25) is 0 Å². The molecule has 1 nitrogen and oxygen atoms in total. The molecule has 0 radical (unpaired) electrons. The Morgan fingerprint density at radius 1 is 1.33 bits per heavy atom. The highest BCUT2D eigenvalue weighted by molar-refractivity contribution is 5.18. The highest BCUT2D eigenvalue weighted by Crippen LogP contribution is 2.10. The van der Waals surface area contributed by atoms with Crippen molar-refractivity contribution in [3.8, 4) is 0 Å². The largest absolute Gasteiger partial charge is 0.309 e. The van der Waals surface area contributed by atoms with Crippen molar-refractivity contribution in [2.75, 3.05) is 6.54 Å². The molecular weight excluding hydrogens is 196 g/mol. The van der Waals surface area contributed by atoms with E-state index in [1.165, 1.54) is 11.6 Å². The van der Waals surface area contributed by atoms with Crippen LogP contribution in [0.2, 0.25) is 0 Å². The molecule has 0 aliphatic heterocycles. The molecule has 0 amide bonds. The molecule has 1 rings (SSSR count). The molecule has 0 aromatic heterocycles. The minimum Gasteiger partial charge on any atom is -0.309 e. The summed E-state index contributed by atoms with van der Waals surface area (Å²) in [5.74, 6) is -1.56. The first-order valence-electron chi connectivity index (χ1n) is 4.88. The van der Waals surface area contributed by atoms with Crippen molar-refractivity contribution in [1.29, 1.82) is 0 Å². The van der Waals surface area contributed by atoms with Crippen LogP contribution in [0.3, 0.4) is 0 Å². The van der Waals surface area contributed by atoms with Crippen molar-refractivity contribution < 1.29 is 8.78 Å². The van der Waals surface area contributed by atoms with Gasteiger partial charge in [0.25, 0.3) is 0 Å². The predicted octanol–water partition coefficient (Wildman–Crippen LogP) is 3.02. The van der Waals surface area contributed by atoms with Gasteiger partial charge >= 0.3 is 0 Å². The highest BCUT2D eigenvalue weighted by Gasteiger charge is 2.05. The number of hydrogen-bond donors (Lipinski definition) is 1. The van der Waals surface area contributed by atoms with Gasteiger partial charge in [-0.15, -0.1) is 0 Å². The number of benzene rings is 1. The van der Waals surface area contributed by atoms with E-state index in [2.05, 4.69) is 5.32 Å². The third kappa shape index (κ3) is 3.80. The van der Waals surface area contributed by atoms with Gasteiger partial charge in [0, 0.05) is 18.7 Å². The predicted molar refractivity (Wildman–Crippen MR) is 57.5 cm³/mol. The van der Waals surface area contributed by atoms with Crippen LogP contribution in [0.15, 0.2) is 29.8 Å². The summed E-state index contributed by atoms with van der Waals surface area (Å²) in [5, 5.41) is 3.02. The van der Waals surface area contributed by atoms with E-state index in [-0.39, 0.29) is 0 Å². The number of rotatable bonds is 4. The molecule has 1 aromatic rings. The first kappa shape index (κ1) is 11.9. The molecule has 0 fully saturated rings. The molecule has 0 saturated carbocycles. The summed E-state index contributed by atoms with van der Waals surface area (Å²) < 4.78 is 26.0. The van der Waals surface area contributed by atoms with Crippen molar-refractivity contribution in [2.45, 2.75) is 20.4 Å². The molecule has 1 N–H and O–H groups in total. The lowest BCUT2D eigenvalue weighted by Crippen LogP contribution is -2.14. The topological polar surface area (TPSA) is 12.0 Å². The van der Waals surface area contributed by atoms with Crippen LogP contribution in [-0.4, -0.2) is 6.54 Å². The Balaban J connectivity index is 2.51. The molecule has 3 heteroatoms. The molecule has 0 aliphatic rings. The van der Waals surface area contributed by atoms with Gasteiger partial charge in [-0.25, -0.2) is 8.78 Å². The highest BCUT2D eigenvalue weighted by atomic mass is 19.2. The minimum atomic E-state index is -0.795. The van der Waals surface area contributed by atoms with Gasteiger partial charge in [-0.3, -0.25) is 0 Å². The smallest absolute Gasteiger partial charge is 0.163 e. The van der Waals surface area contributed by atoms with Crippen LogP contribution in [0, 0.1) is 11.6 Å². The Morgan fingerprint density at radius 3 is 2.73 bits per heavy atom. The summed E-state index contributed by atoms with van der Waals surface area (Å²) in [6.45, 7) is 4.99. The van der Waals surface area contributed by atoms with Crippen molar-refractivity contribution >= 4 is 0 Å². The Morgan fingerprint density at radius 2 is 2.07 bits per heavy atom. The fourth-order valence-electron chi connectivity index (χ4n) is 1.17. The molecule has 0 heterocycles. The summed E-state index contributed by atoms with van der Waals surface area (Å²) in [5.41, 5.74) is 1.55. The summed E-state index contributed by atoms with van der Waals surface area (Å²) >= 11 is 0. The Bertz CT molecular complexity index is 355. The maximum Gasteiger partial charge on any atom is 0.163 e. The van der Waals surface area contributed by atoms with Crippen molar-refractivity contribution in [3.05, 3.63) is 47.0 Å². The van der Waals surface area contributed by atoms with Crippen LogP contribution in [0.25, 0.3) is 0 Å². The maximum absolute atomic E-state index is 13.2. The molecule has 15 heavy (non-hydrogen) atoms. The molecule has 0 spiro atoms. The fraction of sp³-hybridized carbons (Fsp3) is 0.333. The lowest BCUT2D eigenvalue weighted by atomic mass is 10.2. The van der Waals surface area contributed by atoms with Crippen LogP contribution in [-0.2, 0) is 6.54 Å². The van der Waals surface area contributed by atoms with Crippen LogP contribution in [0.4, 0.5) is 8.78 Å². The summed E-state index contributed by atoms with van der Waals surface area (Å²) in [6.07, 6.45) is 2.00. The number of allylic oxidation sites excluding steroid dienone is 1. The third-order valence-corrected chi connectivity index (χ3v) is 2.00. The molecule has 0 unspecified atom stereocenters. The summed E-state index contributed by atoms with van der Waals surface area (Å²) in [7, 11) is 0. The molecule has 0 atom stereocenters.